The fourth-order valence-electron chi connectivity index (χ4n) is 1.68. The Kier molecular flexibility index (Phi) is 4.16. The summed E-state index contributed by atoms with van der Waals surface area (Å²) >= 11 is 0. The van der Waals surface area contributed by atoms with Gasteiger partial charge in [0.1, 0.15) is 0 Å². The van der Waals surface area contributed by atoms with Crippen molar-refractivity contribution in [2.45, 2.75) is 32.2 Å². The molecule has 0 spiro atoms. The number of nitrogens with two attached hydrogens (primary N) is 1. The zero-order valence-corrected chi connectivity index (χ0v) is 11.0. The van der Waals surface area contributed by atoms with Crippen LogP contribution in [0.15, 0.2) is 24.3 Å². The van der Waals surface area contributed by atoms with Crippen molar-refractivity contribution < 1.29 is 9.59 Å². The zero-order chi connectivity index (χ0) is 13.8. The molecule has 19 heavy (non-hydrogen) atoms. The van der Waals surface area contributed by atoms with Gasteiger partial charge in [-0.25, -0.2) is 0 Å². The number of benzene rings is 1. The van der Waals surface area contributed by atoms with E-state index in [0.717, 1.165) is 12.8 Å². The Morgan fingerprint density at radius 1 is 1.32 bits per heavy atom. The molecule has 2 amide bonds. The monoisotopic (exact) mass is 261 g/mol. The van der Waals surface area contributed by atoms with Crippen LogP contribution in [-0.2, 0) is 9.59 Å². The molecule has 1 aromatic rings. The minimum Gasteiger partial charge on any atom is -0.326 e. The highest BCUT2D eigenvalue weighted by Crippen LogP contribution is 2.30. The standard InChI is InChI=1S/C14H19N3O2/c1-2-12(15)14(19)17-11-5-3-4-10(8-11)16-13(18)9-6-7-9/h3-5,8-9,12H,2,6-7,15H2,1H3,(H,16,18)(H,17,19)/t12-/m1/s1. The molecule has 1 aliphatic carbocycles. The third-order valence-electron chi connectivity index (χ3n) is 3.12. The van der Waals surface area contributed by atoms with E-state index in [0.29, 0.717) is 17.8 Å². The predicted molar refractivity (Wildman–Crippen MR) is 74.7 cm³/mol. The number of anilines is 2. The van der Waals surface area contributed by atoms with E-state index in [4.69, 9.17) is 5.73 Å². The highest BCUT2D eigenvalue weighted by atomic mass is 16.2. The molecule has 5 heteroatoms. The van der Waals surface area contributed by atoms with Gasteiger partial charge in [0.05, 0.1) is 6.04 Å². The van der Waals surface area contributed by atoms with Gasteiger partial charge >= 0.3 is 0 Å². The van der Waals surface area contributed by atoms with Crippen molar-refractivity contribution in [2.75, 3.05) is 10.6 Å². The SMILES string of the molecule is CC[C@@H](N)C(=O)Nc1cccc(NC(=O)C2CC2)c1. The number of hydrogen-bond acceptors (Lipinski definition) is 3. The van der Waals surface area contributed by atoms with E-state index < -0.39 is 6.04 Å². The second kappa shape index (κ2) is 5.84. The maximum Gasteiger partial charge on any atom is 0.241 e. The predicted octanol–water partition coefficient (Wildman–Crippen LogP) is 1.71. The van der Waals surface area contributed by atoms with Gasteiger partial charge in [-0.3, -0.25) is 9.59 Å². The van der Waals surface area contributed by atoms with E-state index in [1.165, 1.54) is 0 Å². The fourth-order valence-corrected chi connectivity index (χ4v) is 1.68. The Morgan fingerprint density at radius 3 is 2.53 bits per heavy atom. The van der Waals surface area contributed by atoms with Crippen molar-refractivity contribution in [1.82, 2.24) is 0 Å². The van der Waals surface area contributed by atoms with Crippen molar-refractivity contribution in [3.63, 3.8) is 0 Å². The molecule has 1 fully saturated rings. The summed E-state index contributed by atoms with van der Waals surface area (Å²) in [5.74, 6) is -0.00586. The summed E-state index contributed by atoms with van der Waals surface area (Å²) in [7, 11) is 0. The molecule has 1 atom stereocenters. The molecule has 1 saturated carbocycles. The van der Waals surface area contributed by atoms with Gasteiger partial charge in [0, 0.05) is 17.3 Å². The molecule has 0 aromatic heterocycles. The van der Waals surface area contributed by atoms with Gasteiger partial charge in [-0.1, -0.05) is 13.0 Å². The molecular formula is C14H19N3O2. The highest BCUT2D eigenvalue weighted by molar-refractivity contribution is 5.97. The highest BCUT2D eigenvalue weighted by Gasteiger charge is 2.29. The minimum atomic E-state index is -0.510. The van der Waals surface area contributed by atoms with Crippen LogP contribution in [0, 0.1) is 5.92 Å². The molecular weight excluding hydrogens is 242 g/mol. The summed E-state index contributed by atoms with van der Waals surface area (Å²) in [6.07, 6.45) is 2.52. The summed E-state index contributed by atoms with van der Waals surface area (Å²) in [5, 5.41) is 5.58. The van der Waals surface area contributed by atoms with Gasteiger partial charge in [0.15, 0.2) is 0 Å². The first-order valence-corrected chi connectivity index (χ1v) is 6.57. The Morgan fingerprint density at radius 2 is 1.95 bits per heavy atom. The van der Waals surface area contributed by atoms with E-state index >= 15 is 0 Å². The van der Waals surface area contributed by atoms with Crippen LogP contribution in [-0.4, -0.2) is 17.9 Å². The van der Waals surface area contributed by atoms with Gasteiger partial charge in [0.2, 0.25) is 11.8 Å². The van der Waals surface area contributed by atoms with E-state index in [1.54, 1.807) is 24.3 Å². The number of carbonyl (C=O) groups excluding carboxylic acids is 2. The van der Waals surface area contributed by atoms with Crippen LogP contribution in [0.3, 0.4) is 0 Å². The topological polar surface area (TPSA) is 84.2 Å². The molecule has 0 radical (unpaired) electrons. The number of hydrogen-bond donors (Lipinski definition) is 3. The second-order valence-corrected chi connectivity index (χ2v) is 4.85. The molecule has 0 heterocycles. The molecule has 0 bridgehead atoms. The first kappa shape index (κ1) is 13.5. The Bertz CT molecular complexity index is 483. The molecule has 0 saturated heterocycles. The maximum atomic E-state index is 11.7. The number of amides is 2. The molecule has 5 nitrogen and oxygen atoms in total. The lowest BCUT2D eigenvalue weighted by molar-refractivity contribution is -0.118. The first-order chi connectivity index (χ1) is 9.10. The van der Waals surface area contributed by atoms with Crippen molar-refractivity contribution >= 4 is 23.2 Å². The lowest BCUT2D eigenvalue weighted by Crippen LogP contribution is -2.34. The van der Waals surface area contributed by atoms with Crippen molar-refractivity contribution in [2.24, 2.45) is 11.7 Å². The van der Waals surface area contributed by atoms with Crippen molar-refractivity contribution in [3.05, 3.63) is 24.3 Å². The van der Waals surface area contributed by atoms with Crippen LogP contribution >= 0.6 is 0 Å². The minimum absolute atomic E-state index is 0.0498. The Labute approximate surface area is 112 Å². The van der Waals surface area contributed by atoms with E-state index in [2.05, 4.69) is 10.6 Å². The molecule has 4 N–H and O–H groups in total. The quantitative estimate of drug-likeness (QED) is 0.754. The van der Waals surface area contributed by atoms with Gasteiger partial charge in [-0.2, -0.15) is 0 Å². The first-order valence-electron chi connectivity index (χ1n) is 6.57. The van der Waals surface area contributed by atoms with Crippen molar-refractivity contribution in [1.29, 1.82) is 0 Å². The van der Waals surface area contributed by atoms with Gasteiger partial charge < -0.3 is 16.4 Å². The maximum absolute atomic E-state index is 11.7. The van der Waals surface area contributed by atoms with Crippen LogP contribution in [0.5, 0.6) is 0 Å². The number of rotatable bonds is 5. The van der Waals surface area contributed by atoms with Gasteiger partial charge in [-0.05, 0) is 37.5 Å². The average Bonchev–Trinajstić information content (AvgIpc) is 3.22. The van der Waals surface area contributed by atoms with Crippen LogP contribution in [0.4, 0.5) is 11.4 Å². The summed E-state index contributed by atoms with van der Waals surface area (Å²) in [6, 6.07) is 6.59. The molecule has 2 rings (SSSR count). The number of nitrogens with one attached hydrogen (secondary N) is 2. The summed E-state index contributed by atoms with van der Waals surface area (Å²) in [5.41, 5.74) is 6.98. The van der Waals surface area contributed by atoms with Crippen LogP contribution < -0.4 is 16.4 Å². The molecule has 0 unspecified atom stereocenters. The fraction of sp³-hybridized carbons (Fsp3) is 0.429. The average molecular weight is 261 g/mol. The summed E-state index contributed by atoms with van der Waals surface area (Å²) in [4.78, 5) is 23.3. The lowest BCUT2D eigenvalue weighted by Gasteiger charge is -2.11. The normalized spacial score (nSPS) is 15.7. The largest absolute Gasteiger partial charge is 0.326 e. The van der Waals surface area contributed by atoms with Crippen molar-refractivity contribution in [3.8, 4) is 0 Å². The third-order valence-corrected chi connectivity index (χ3v) is 3.12. The van der Waals surface area contributed by atoms with Crippen LogP contribution in [0.2, 0.25) is 0 Å². The van der Waals surface area contributed by atoms with E-state index in [9.17, 15) is 9.59 Å². The number of carbonyl (C=O) groups is 2. The molecule has 1 aliphatic rings. The van der Waals surface area contributed by atoms with Crippen LogP contribution in [0.25, 0.3) is 0 Å². The van der Waals surface area contributed by atoms with Crippen LogP contribution in [0.1, 0.15) is 26.2 Å². The Hall–Kier alpha value is -1.88. The summed E-state index contributed by atoms with van der Waals surface area (Å²) in [6.45, 7) is 1.86. The zero-order valence-electron chi connectivity index (χ0n) is 11.0. The smallest absolute Gasteiger partial charge is 0.241 e. The third kappa shape index (κ3) is 3.79. The molecule has 102 valence electrons. The van der Waals surface area contributed by atoms with Gasteiger partial charge in [-0.15, -0.1) is 0 Å². The summed E-state index contributed by atoms with van der Waals surface area (Å²) < 4.78 is 0. The molecule has 0 aliphatic heterocycles. The lowest BCUT2D eigenvalue weighted by atomic mass is 10.2. The second-order valence-electron chi connectivity index (χ2n) is 4.85. The van der Waals surface area contributed by atoms with Gasteiger partial charge in [0.25, 0.3) is 0 Å². The van der Waals surface area contributed by atoms with E-state index in [-0.39, 0.29) is 17.7 Å². The molecule has 1 aromatic carbocycles. The van der Waals surface area contributed by atoms with E-state index in [1.807, 2.05) is 6.92 Å². The Balaban J connectivity index is 1.98.